The molecule has 5 heteroatoms. The summed E-state index contributed by atoms with van der Waals surface area (Å²) in [6.45, 7) is 3.95. The first-order valence-electron chi connectivity index (χ1n) is 7.02. The molecule has 1 heterocycles. The summed E-state index contributed by atoms with van der Waals surface area (Å²) in [5.41, 5.74) is 6.98. The van der Waals surface area contributed by atoms with Crippen molar-refractivity contribution >= 4 is 0 Å². The average molecular weight is 280 g/mol. The molecule has 1 atom stereocenters. The lowest BCUT2D eigenvalue weighted by molar-refractivity contribution is 0.173. The van der Waals surface area contributed by atoms with Gasteiger partial charge in [-0.3, -0.25) is 0 Å². The summed E-state index contributed by atoms with van der Waals surface area (Å²) in [4.78, 5) is 2.14. The minimum atomic E-state index is 0.0829. The number of nitrogens with zero attached hydrogens (tertiary/aromatic N) is 1. The van der Waals surface area contributed by atoms with E-state index in [0.717, 1.165) is 42.2 Å². The summed E-state index contributed by atoms with van der Waals surface area (Å²) in [5, 5.41) is 0. The Labute approximate surface area is 120 Å². The Hall–Kier alpha value is -1.46. The van der Waals surface area contributed by atoms with Crippen molar-refractivity contribution < 1.29 is 14.2 Å². The minimum Gasteiger partial charge on any atom is -0.493 e. The largest absolute Gasteiger partial charge is 0.493 e. The SMILES string of the molecule is CC(N)Cc1cc2c(cc1OCCCN(C)C)OCO2. The monoisotopic (exact) mass is 280 g/mol. The highest BCUT2D eigenvalue weighted by Gasteiger charge is 2.18. The number of fused-ring (bicyclic) bond motifs is 1. The zero-order valence-electron chi connectivity index (χ0n) is 12.5. The van der Waals surface area contributed by atoms with Crippen molar-refractivity contribution in [2.45, 2.75) is 25.8 Å². The molecule has 0 aromatic heterocycles. The highest BCUT2D eigenvalue weighted by Crippen LogP contribution is 2.38. The van der Waals surface area contributed by atoms with Crippen LogP contribution in [0.2, 0.25) is 0 Å². The second-order valence-electron chi connectivity index (χ2n) is 5.50. The molecule has 1 aromatic carbocycles. The molecule has 2 N–H and O–H groups in total. The Balaban J connectivity index is 2.04. The normalized spacial score (nSPS) is 14.7. The van der Waals surface area contributed by atoms with E-state index in [2.05, 4.69) is 19.0 Å². The van der Waals surface area contributed by atoms with Crippen LogP contribution in [0.3, 0.4) is 0 Å². The van der Waals surface area contributed by atoms with Gasteiger partial charge in [-0.25, -0.2) is 0 Å². The lowest BCUT2D eigenvalue weighted by Gasteiger charge is -2.15. The quantitative estimate of drug-likeness (QED) is 0.769. The summed E-state index contributed by atoms with van der Waals surface area (Å²) in [5.74, 6) is 2.38. The van der Waals surface area contributed by atoms with Crippen molar-refractivity contribution in [3.63, 3.8) is 0 Å². The molecule has 1 aliphatic rings. The van der Waals surface area contributed by atoms with Crippen molar-refractivity contribution in [1.29, 1.82) is 0 Å². The summed E-state index contributed by atoms with van der Waals surface area (Å²) in [7, 11) is 4.12. The van der Waals surface area contributed by atoms with E-state index in [1.165, 1.54) is 0 Å². The van der Waals surface area contributed by atoms with Gasteiger partial charge in [0.2, 0.25) is 6.79 Å². The van der Waals surface area contributed by atoms with Gasteiger partial charge in [-0.2, -0.15) is 0 Å². The predicted molar refractivity (Wildman–Crippen MR) is 78.6 cm³/mol. The molecule has 0 aliphatic carbocycles. The second kappa shape index (κ2) is 6.81. The van der Waals surface area contributed by atoms with Crippen LogP contribution in [0.5, 0.6) is 17.2 Å². The van der Waals surface area contributed by atoms with E-state index < -0.39 is 0 Å². The van der Waals surface area contributed by atoms with Crippen LogP contribution in [0.4, 0.5) is 0 Å². The number of rotatable bonds is 7. The third-order valence-electron chi connectivity index (χ3n) is 3.10. The third kappa shape index (κ3) is 4.02. The van der Waals surface area contributed by atoms with Gasteiger partial charge in [0, 0.05) is 18.7 Å². The Morgan fingerprint density at radius 2 is 2.00 bits per heavy atom. The van der Waals surface area contributed by atoms with Crippen LogP contribution in [0, 0.1) is 0 Å². The van der Waals surface area contributed by atoms with Crippen molar-refractivity contribution in [3.8, 4) is 17.2 Å². The highest BCUT2D eigenvalue weighted by atomic mass is 16.7. The molecule has 0 radical (unpaired) electrons. The first kappa shape index (κ1) is 14.9. The van der Waals surface area contributed by atoms with Gasteiger partial charge in [-0.1, -0.05) is 0 Å². The topological polar surface area (TPSA) is 57.0 Å². The first-order valence-corrected chi connectivity index (χ1v) is 7.02. The summed E-state index contributed by atoms with van der Waals surface area (Å²) in [6, 6.07) is 3.97. The van der Waals surface area contributed by atoms with Crippen LogP contribution in [0.15, 0.2) is 12.1 Å². The van der Waals surface area contributed by atoms with E-state index in [0.29, 0.717) is 6.61 Å². The number of hydrogen-bond donors (Lipinski definition) is 1. The maximum Gasteiger partial charge on any atom is 0.231 e. The number of benzene rings is 1. The van der Waals surface area contributed by atoms with Crippen LogP contribution >= 0.6 is 0 Å². The van der Waals surface area contributed by atoms with Gasteiger partial charge in [0.15, 0.2) is 11.5 Å². The molecule has 0 saturated carbocycles. The fraction of sp³-hybridized carbons (Fsp3) is 0.600. The minimum absolute atomic E-state index is 0.0829. The van der Waals surface area contributed by atoms with Crippen molar-refractivity contribution in [2.75, 3.05) is 34.0 Å². The lowest BCUT2D eigenvalue weighted by Crippen LogP contribution is -2.19. The van der Waals surface area contributed by atoms with E-state index in [-0.39, 0.29) is 12.8 Å². The highest BCUT2D eigenvalue weighted by molar-refractivity contribution is 5.52. The summed E-state index contributed by atoms with van der Waals surface area (Å²) >= 11 is 0. The standard InChI is InChI=1S/C15H24N2O3/c1-11(16)7-12-8-14-15(20-10-19-14)9-13(12)18-6-4-5-17(2)3/h8-9,11H,4-7,10,16H2,1-3H3. The zero-order valence-corrected chi connectivity index (χ0v) is 12.5. The molecule has 2 rings (SSSR count). The van der Waals surface area contributed by atoms with Crippen LogP contribution in [0.1, 0.15) is 18.9 Å². The molecule has 1 aliphatic heterocycles. The van der Waals surface area contributed by atoms with Gasteiger partial charge in [0.1, 0.15) is 5.75 Å². The van der Waals surface area contributed by atoms with Crippen molar-refractivity contribution in [2.24, 2.45) is 5.73 Å². The lowest BCUT2D eigenvalue weighted by atomic mass is 10.1. The van der Waals surface area contributed by atoms with Gasteiger partial charge in [-0.05, 0) is 45.5 Å². The molecule has 20 heavy (non-hydrogen) atoms. The Morgan fingerprint density at radius 3 is 2.65 bits per heavy atom. The summed E-state index contributed by atoms with van der Waals surface area (Å²) < 4.78 is 16.7. The smallest absolute Gasteiger partial charge is 0.231 e. The number of nitrogens with two attached hydrogens (primary N) is 1. The molecule has 0 bridgehead atoms. The predicted octanol–water partition coefficient (Wildman–Crippen LogP) is 1.64. The van der Waals surface area contributed by atoms with Crippen LogP contribution in [-0.4, -0.2) is 45.0 Å². The van der Waals surface area contributed by atoms with E-state index in [9.17, 15) is 0 Å². The molecule has 5 nitrogen and oxygen atoms in total. The van der Waals surface area contributed by atoms with E-state index in [1.54, 1.807) is 0 Å². The maximum absolute atomic E-state index is 5.90. The van der Waals surface area contributed by atoms with Crippen LogP contribution in [0.25, 0.3) is 0 Å². The van der Waals surface area contributed by atoms with E-state index in [4.69, 9.17) is 19.9 Å². The average Bonchev–Trinajstić information content (AvgIpc) is 2.80. The molecule has 1 unspecified atom stereocenters. The Kier molecular flexibility index (Phi) is 5.09. The van der Waals surface area contributed by atoms with Crippen LogP contribution in [-0.2, 0) is 6.42 Å². The maximum atomic E-state index is 5.90. The van der Waals surface area contributed by atoms with Crippen molar-refractivity contribution in [1.82, 2.24) is 4.90 Å². The fourth-order valence-corrected chi connectivity index (χ4v) is 2.17. The molecule has 0 amide bonds. The van der Waals surface area contributed by atoms with Crippen LogP contribution < -0.4 is 19.9 Å². The Morgan fingerprint density at radius 1 is 1.30 bits per heavy atom. The van der Waals surface area contributed by atoms with Crippen molar-refractivity contribution in [3.05, 3.63) is 17.7 Å². The van der Waals surface area contributed by atoms with Gasteiger partial charge >= 0.3 is 0 Å². The van der Waals surface area contributed by atoms with Gasteiger partial charge in [0.05, 0.1) is 6.61 Å². The van der Waals surface area contributed by atoms with E-state index in [1.807, 2.05) is 19.1 Å². The molecular weight excluding hydrogens is 256 g/mol. The fourth-order valence-electron chi connectivity index (χ4n) is 2.17. The first-order chi connectivity index (χ1) is 9.56. The number of ether oxygens (including phenoxy) is 3. The molecular formula is C15H24N2O3. The zero-order chi connectivity index (χ0) is 14.5. The third-order valence-corrected chi connectivity index (χ3v) is 3.10. The van der Waals surface area contributed by atoms with E-state index >= 15 is 0 Å². The second-order valence-corrected chi connectivity index (χ2v) is 5.50. The molecule has 0 saturated heterocycles. The Bertz CT molecular complexity index is 447. The molecule has 0 fully saturated rings. The van der Waals surface area contributed by atoms with Gasteiger partial charge < -0.3 is 24.8 Å². The van der Waals surface area contributed by atoms with Gasteiger partial charge in [0.25, 0.3) is 0 Å². The van der Waals surface area contributed by atoms with Gasteiger partial charge in [-0.15, -0.1) is 0 Å². The number of hydrogen-bond acceptors (Lipinski definition) is 5. The molecule has 1 aromatic rings. The molecule has 0 spiro atoms. The summed E-state index contributed by atoms with van der Waals surface area (Å²) in [6.07, 6.45) is 1.75. The molecule has 112 valence electrons.